The van der Waals surface area contributed by atoms with Crippen molar-refractivity contribution in [1.29, 1.82) is 0 Å². The highest BCUT2D eigenvalue weighted by Crippen LogP contribution is 2.26. The van der Waals surface area contributed by atoms with Crippen LogP contribution in [0.3, 0.4) is 0 Å². The smallest absolute Gasteiger partial charge is 0.451 e. The van der Waals surface area contributed by atoms with Crippen molar-refractivity contribution in [3.05, 3.63) is 17.5 Å². The van der Waals surface area contributed by atoms with Gasteiger partial charge in [0.1, 0.15) is 12.4 Å². The van der Waals surface area contributed by atoms with E-state index in [1.165, 1.54) is 6.92 Å². The van der Waals surface area contributed by atoms with Gasteiger partial charge in [-0.1, -0.05) is 0 Å². The fourth-order valence-electron chi connectivity index (χ4n) is 1.91. The van der Waals surface area contributed by atoms with Crippen molar-refractivity contribution in [2.45, 2.75) is 33.0 Å². The number of carbonyl (C=O) groups excluding carboxylic acids is 1. The number of carboxylic acids is 1. The van der Waals surface area contributed by atoms with Crippen LogP contribution in [-0.2, 0) is 11.0 Å². The predicted octanol–water partition coefficient (Wildman–Crippen LogP) is 0.648. The Bertz CT molecular complexity index is 796. The number of hydrogen-bond donors (Lipinski definition) is 2. The van der Waals surface area contributed by atoms with Crippen LogP contribution < -0.4 is 0 Å². The number of amides is 1. The Morgan fingerprint density at radius 1 is 1.32 bits per heavy atom. The van der Waals surface area contributed by atoms with E-state index in [0.717, 1.165) is 9.58 Å². The lowest BCUT2D eigenvalue weighted by Crippen LogP contribution is -2.41. The average Bonchev–Trinajstić information content (AvgIpc) is 3.09. The van der Waals surface area contributed by atoms with Gasteiger partial charge in [0.15, 0.2) is 0 Å². The number of aliphatic carboxylic acids is 1. The normalized spacial score (nSPS) is 11.8. The van der Waals surface area contributed by atoms with E-state index in [2.05, 4.69) is 20.2 Å². The fraction of sp³-hybridized carbons (Fsp3) is 0.500. The van der Waals surface area contributed by atoms with Gasteiger partial charge in [-0.15, -0.1) is 10.2 Å². The van der Waals surface area contributed by atoms with Gasteiger partial charge in [-0.3, -0.25) is 14.7 Å². The van der Waals surface area contributed by atoms with E-state index in [1.54, 1.807) is 18.9 Å². The second-order valence-electron chi connectivity index (χ2n) is 5.30. The highest BCUT2D eigenvalue weighted by molar-refractivity contribution is 5.92. The number of aromatic nitrogens is 6. The van der Waals surface area contributed by atoms with Crippen molar-refractivity contribution in [3.8, 4) is 5.95 Å². The van der Waals surface area contributed by atoms with E-state index in [1.807, 2.05) is 0 Å². The summed E-state index contributed by atoms with van der Waals surface area (Å²) in [4.78, 5) is 31.4. The summed E-state index contributed by atoms with van der Waals surface area (Å²) in [5.41, 5.74) is 0. The molecule has 2 rings (SSSR count). The van der Waals surface area contributed by atoms with E-state index >= 15 is 0 Å². The molecular formula is C12H14F3N7O3. The summed E-state index contributed by atoms with van der Waals surface area (Å²) in [7, 11) is 0. The van der Waals surface area contributed by atoms with Crippen LogP contribution in [0.25, 0.3) is 5.95 Å². The molecule has 0 aliphatic heterocycles. The lowest BCUT2D eigenvalue weighted by molar-refractivity contribution is -0.144. The van der Waals surface area contributed by atoms with E-state index in [9.17, 15) is 22.8 Å². The van der Waals surface area contributed by atoms with Crippen molar-refractivity contribution in [3.63, 3.8) is 0 Å². The molecular weight excluding hydrogens is 347 g/mol. The molecule has 2 heterocycles. The first-order chi connectivity index (χ1) is 11.5. The Morgan fingerprint density at radius 2 is 1.96 bits per heavy atom. The largest absolute Gasteiger partial charge is 0.480 e. The molecule has 13 heteroatoms. The van der Waals surface area contributed by atoms with Crippen LogP contribution in [0.1, 0.15) is 36.1 Å². The maximum atomic E-state index is 12.6. The zero-order valence-corrected chi connectivity index (χ0v) is 13.4. The maximum Gasteiger partial charge on any atom is 0.451 e. The van der Waals surface area contributed by atoms with Crippen LogP contribution in [0, 0.1) is 6.92 Å². The number of H-pyrrole nitrogens is 1. The molecule has 0 saturated heterocycles. The minimum Gasteiger partial charge on any atom is -0.480 e. The molecule has 0 aliphatic rings. The first-order valence-corrected chi connectivity index (χ1v) is 6.97. The molecule has 2 aromatic rings. The molecule has 0 atom stereocenters. The van der Waals surface area contributed by atoms with Gasteiger partial charge in [0, 0.05) is 6.04 Å². The number of alkyl halides is 3. The predicted molar refractivity (Wildman–Crippen MR) is 74.8 cm³/mol. The van der Waals surface area contributed by atoms with E-state index in [4.69, 9.17) is 5.11 Å². The number of carboxylic acid groups (broad SMARTS) is 1. The number of halogens is 3. The molecule has 2 aromatic heterocycles. The number of rotatable bonds is 5. The standard InChI is InChI=1S/C12H14F3N7O3/c1-5(2)21(4-7(23)24)9(25)8-16-6(3)22(20-8)11-17-10(18-19-11)12(13,14)15/h5H,4H2,1-3H3,(H,23,24)(H,17,18,19). The van der Waals surface area contributed by atoms with Crippen LogP contribution in [0.2, 0.25) is 0 Å². The van der Waals surface area contributed by atoms with Gasteiger partial charge in [-0.25, -0.2) is 4.98 Å². The first kappa shape index (κ1) is 18.4. The molecule has 0 aliphatic carbocycles. The number of nitrogens with one attached hydrogen (secondary N) is 1. The molecule has 1 amide bonds. The molecule has 0 radical (unpaired) electrons. The summed E-state index contributed by atoms with van der Waals surface area (Å²) in [6, 6.07) is -0.448. The molecule has 136 valence electrons. The van der Waals surface area contributed by atoms with E-state index in [0.29, 0.717) is 0 Å². The fourth-order valence-corrected chi connectivity index (χ4v) is 1.91. The van der Waals surface area contributed by atoms with Gasteiger partial charge in [0.05, 0.1) is 0 Å². The lowest BCUT2D eigenvalue weighted by Gasteiger charge is -2.23. The number of aryl methyl sites for hydroxylation is 1. The van der Waals surface area contributed by atoms with Gasteiger partial charge >= 0.3 is 12.1 Å². The third-order valence-corrected chi connectivity index (χ3v) is 3.08. The van der Waals surface area contributed by atoms with Crippen LogP contribution in [-0.4, -0.2) is 64.4 Å². The summed E-state index contributed by atoms with van der Waals surface area (Å²) in [6.45, 7) is 4.04. The Balaban J connectivity index is 2.34. The minimum atomic E-state index is -4.71. The minimum absolute atomic E-state index is 0.0649. The quantitative estimate of drug-likeness (QED) is 0.799. The van der Waals surface area contributed by atoms with Gasteiger partial charge in [0.25, 0.3) is 11.9 Å². The van der Waals surface area contributed by atoms with Crippen LogP contribution in [0.5, 0.6) is 0 Å². The monoisotopic (exact) mass is 361 g/mol. The summed E-state index contributed by atoms with van der Waals surface area (Å²) >= 11 is 0. The van der Waals surface area contributed by atoms with Crippen molar-refractivity contribution in [1.82, 2.24) is 34.8 Å². The van der Waals surface area contributed by atoms with Gasteiger partial charge in [-0.05, 0) is 20.8 Å². The van der Waals surface area contributed by atoms with Crippen molar-refractivity contribution >= 4 is 11.9 Å². The van der Waals surface area contributed by atoms with Gasteiger partial charge < -0.3 is 10.0 Å². The average molecular weight is 361 g/mol. The van der Waals surface area contributed by atoms with Crippen molar-refractivity contribution in [2.24, 2.45) is 0 Å². The molecule has 0 saturated carbocycles. The number of hydrogen-bond acceptors (Lipinski definition) is 6. The Kier molecular flexibility index (Phi) is 4.76. The Hall–Kier alpha value is -2.99. The third-order valence-electron chi connectivity index (χ3n) is 3.08. The molecule has 10 nitrogen and oxygen atoms in total. The molecule has 0 fully saturated rings. The number of aromatic amines is 1. The zero-order chi connectivity index (χ0) is 18.9. The van der Waals surface area contributed by atoms with Gasteiger partial charge in [0.2, 0.25) is 11.6 Å². The Labute approximate surface area is 138 Å². The second kappa shape index (κ2) is 6.49. The van der Waals surface area contributed by atoms with Crippen molar-refractivity contribution < 1.29 is 27.9 Å². The molecule has 25 heavy (non-hydrogen) atoms. The second-order valence-corrected chi connectivity index (χ2v) is 5.30. The first-order valence-electron chi connectivity index (χ1n) is 6.97. The topological polar surface area (TPSA) is 130 Å². The maximum absolute atomic E-state index is 12.6. The molecule has 0 spiro atoms. The van der Waals surface area contributed by atoms with Crippen LogP contribution in [0.4, 0.5) is 13.2 Å². The summed E-state index contributed by atoms with van der Waals surface area (Å²) in [5, 5.41) is 17.8. The molecule has 0 aromatic carbocycles. The van der Waals surface area contributed by atoms with E-state index in [-0.39, 0.29) is 11.6 Å². The zero-order valence-electron chi connectivity index (χ0n) is 13.4. The third kappa shape index (κ3) is 3.92. The van der Waals surface area contributed by atoms with Crippen LogP contribution in [0.15, 0.2) is 0 Å². The highest BCUT2D eigenvalue weighted by atomic mass is 19.4. The number of nitrogens with zero attached hydrogens (tertiary/aromatic N) is 6. The molecule has 0 unspecified atom stereocenters. The summed E-state index contributed by atoms with van der Waals surface area (Å²) in [6.07, 6.45) is -4.71. The number of carbonyl (C=O) groups is 2. The van der Waals surface area contributed by atoms with Gasteiger partial charge in [-0.2, -0.15) is 22.8 Å². The molecule has 2 N–H and O–H groups in total. The summed E-state index contributed by atoms with van der Waals surface area (Å²) < 4.78 is 38.6. The highest BCUT2D eigenvalue weighted by Gasteiger charge is 2.36. The lowest BCUT2D eigenvalue weighted by atomic mass is 10.3. The van der Waals surface area contributed by atoms with Crippen molar-refractivity contribution in [2.75, 3.05) is 6.54 Å². The Morgan fingerprint density at radius 3 is 2.44 bits per heavy atom. The molecule has 0 bridgehead atoms. The SMILES string of the molecule is Cc1nc(C(=O)N(CC(=O)O)C(C)C)nn1-c1n[nH]c(C(F)(F)F)n1. The summed E-state index contributed by atoms with van der Waals surface area (Å²) in [5.74, 6) is -4.06. The van der Waals surface area contributed by atoms with E-state index < -0.39 is 42.4 Å². The van der Waals surface area contributed by atoms with Crippen LogP contribution >= 0.6 is 0 Å².